The van der Waals surface area contributed by atoms with Gasteiger partial charge in [-0.2, -0.15) is 0 Å². The Morgan fingerprint density at radius 3 is 1.15 bits per heavy atom. The average Bonchev–Trinajstić information content (AvgIpc) is 3.14. The summed E-state index contributed by atoms with van der Waals surface area (Å²) in [4.78, 5) is 37.6. The topological polar surface area (TPSA) is 78.9 Å². The van der Waals surface area contributed by atoms with Crippen molar-refractivity contribution in [3.8, 4) is 0 Å². The van der Waals surface area contributed by atoms with E-state index in [1.54, 1.807) is 0 Å². The highest BCUT2D eigenvalue weighted by atomic mass is 16.6. The van der Waals surface area contributed by atoms with E-state index in [2.05, 4.69) is 81.5 Å². The van der Waals surface area contributed by atoms with Crippen molar-refractivity contribution in [3.05, 3.63) is 60.8 Å². The van der Waals surface area contributed by atoms with Gasteiger partial charge in [0.15, 0.2) is 6.10 Å². The molecule has 0 N–H and O–H groups in total. The second kappa shape index (κ2) is 40.9. The number of unbranched alkanes of at least 4 members (excludes halogenated alkanes) is 18. The number of ether oxygens (including phenoxy) is 3. The van der Waals surface area contributed by atoms with Gasteiger partial charge in [0.2, 0.25) is 0 Å². The van der Waals surface area contributed by atoms with Crippen molar-refractivity contribution in [2.24, 2.45) is 0 Å². The van der Waals surface area contributed by atoms with Gasteiger partial charge in [-0.25, -0.2) is 0 Å². The molecule has 0 aromatic rings. The molecular weight excluding hydrogens is 648 g/mol. The summed E-state index contributed by atoms with van der Waals surface area (Å²) < 4.78 is 16.6. The van der Waals surface area contributed by atoms with Crippen LogP contribution in [0.4, 0.5) is 0 Å². The molecule has 0 aliphatic rings. The molecule has 0 aliphatic carbocycles. The Kier molecular flexibility index (Phi) is 38.6. The third-order valence-electron chi connectivity index (χ3n) is 8.77. The van der Waals surface area contributed by atoms with Gasteiger partial charge < -0.3 is 14.2 Å². The Bertz CT molecular complexity index is 975. The monoisotopic (exact) mass is 727 g/mol. The molecular formula is C46H78O6. The molecule has 1 unspecified atom stereocenters. The lowest BCUT2D eigenvalue weighted by molar-refractivity contribution is -0.167. The molecule has 298 valence electrons. The first-order valence-corrected chi connectivity index (χ1v) is 21.3. The zero-order valence-corrected chi connectivity index (χ0v) is 33.8. The van der Waals surface area contributed by atoms with E-state index in [1.165, 1.54) is 64.2 Å². The minimum absolute atomic E-state index is 0.0990. The van der Waals surface area contributed by atoms with Crippen LogP contribution >= 0.6 is 0 Å². The summed E-state index contributed by atoms with van der Waals surface area (Å²) in [6, 6.07) is 0. The first-order valence-electron chi connectivity index (χ1n) is 21.3. The van der Waals surface area contributed by atoms with Crippen LogP contribution in [0.2, 0.25) is 0 Å². The molecule has 0 heterocycles. The Labute approximate surface area is 320 Å². The molecule has 0 saturated heterocycles. The Morgan fingerprint density at radius 2 is 0.712 bits per heavy atom. The molecule has 6 heteroatoms. The molecule has 0 bridgehead atoms. The maximum absolute atomic E-state index is 12.6. The number of hydrogen-bond donors (Lipinski definition) is 0. The number of carbonyl (C=O) groups excluding carboxylic acids is 3. The molecule has 1 atom stereocenters. The predicted molar refractivity (Wildman–Crippen MR) is 219 cm³/mol. The highest BCUT2D eigenvalue weighted by molar-refractivity contribution is 5.71. The molecule has 6 nitrogen and oxygen atoms in total. The Balaban J connectivity index is 4.48. The van der Waals surface area contributed by atoms with Gasteiger partial charge in [-0.1, -0.05) is 152 Å². The fraction of sp³-hybridized carbons (Fsp3) is 0.717. The maximum atomic E-state index is 12.6. The van der Waals surface area contributed by atoms with Gasteiger partial charge in [0.1, 0.15) is 13.2 Å². The first-order chi connectivity index (χ1) is 25.5. The van der Waals surface area contributed by atoms with Gasteiger partial charge in [-0.15, -0.1) is 0 Å². The summed E-state index contributed by atoms with van der Waals surface area (Å²) in [5.41, 5.74) is 0. The van der Waals surface area contributed by atoms with Gasteiger partial charge in [0.25, 0.3) is 0 Å². The summed E-state index contributed by atoms with van der Waals surface area (Å²) in [6.07, 6.45) is 47.7. The molecule has 0 aromatic carbocycles. The van der Waals surface area contributed by atoms with E-state index in [-0.39, 0.29) is 37.5 Å². The van der Waals surface area contributed by atoms with Crippen molar-refractivity contribution in [1.29, 1.82) is 0 Å². The smallest absolute Gasteiger partial charge is 0.306 e. The number of esters is 3. The van der Waals surface area contributed by atoms with E-state index in [0.717, 1.165) is 89.9 Å². The minimum Gasteiger partial charge on any atom is -0.462 e. The molecule has 0 amide bonds. The Hall–Kier alpha value is -2.89. The van der Waals surface area contributed by atoms with Crippen molar-refractivity contribution < 1.29 is 28.6 Å². The Morgan fingerprint density at radius 1 is 0.385 bits per heavy atom. The number of rotatable bonds is 37. The lowest BCUT2D eigenvalue weighted by Crippen LogP contribution is -2.30. The van der Waals surface area contributed by atoms with Crippen molar-refractivity contribution in [2.45, 2.75) is 200 Å². The van der Waals surface area contributed by atoms with Crippen LogP contribution in [0.1, 0.15) is 194 Å². The second-order valence-electron chi connectivity index (χ2n) is 13.9. The van der Waals surface area contributed by atoms with Crippen molar-refractivity contribution in [1.82, 2.24) is 0 Å². The number of allylic oxidation sites excluding steroid dienone is 10. The van der Waals surface area contributed by atoms with E-state index >= 15 is 0 Å². The van der Waals surface area contributed by atoms with Crippen LogP contribution in [0.5, 0.6) is 0 Å². The third kappa shape index (κ3) is 38.3. The molecule has 0 saturated carbocycles. The van der Waals surface area contributed by atoms with Crippen molar-refractivity contribution in [3.63, 3.8) is 0 Å². The van der Waals surface area contributed by atoms with Gasteiger partial charge in [0.05, 0.1) is 0 Å². The molecule has 0 aromatic heterocycles. The quantitative estimate of drug-likeness (QED) is 0.0208. The molecule has 52 heavy (non-hydrogen) atoms. The summed E-state index contributed by atoms with van der Waals surface area (Å²) in [6.45, 7) is 6.42. The van der Waals surface area contributed by atoms with E-state index in [9.17, 15) is 14.4 Å². The van der Waals surface area contributed by atoms with Crippen LogP contribution < -0.4 is 0 Å². The summed E-state index contributed by atoms with van der Waals surface area (Å²) in [5, 5.41) is 0. The molecule has 0 rings (SSSR count). The minimum atomic E-state index is -0.798. The van der Waals surface area contributed by atoms with Gasteiger partial charge >= 0.3 is 17.9 Å². The van der Waals surface area contributed by atoms with Gasteiger partial charge in [-0.3, -0.25) is 14.4 Å². The van der Waals surface area contributed by atoms with Crippen LogP contribution in [-0.4, -0.2) is 37.2 Å². The highest BCUT2D eigenvalue weighted by Crippen LogP contribution is 2.12. The molecule has 0 aliphatic heterocycles. The second-order valence-corrected chi connectivity index (χ2v) is 13.9. The van der Waals surface area contributed by atoms with Crippen LogP contribution in [0.15, 0.2) is 60.8 Å². The van der Waals surface area contributed by atoms with E-state index in [4.69, 9.17) is 14.2 Å². The van der Waals surface area contributed by atoms with E-state index in [0.29, 0.717) is 12.8 Å². The van der Waals surface area contributed by atoms with Crippen molar-refractivity contribution >= 4 is 17.9 Å². The van der Waals surface area contributed by atoms with Crippen LogP contribution in [0.3, 0.4) is 0 Å². The summed E-state index contributed by atoms with van der Waals surface area (Å²) in [5.74, 6) is -0.973. The zero-order valence-electron chi connectivity index (χ0n) is 33.8. The fourth-order valence-corrected chi connectivity index (χ4v) is 5.45. The predicted octanol–water partition coefficient (Wildman–Crippen LogP) is 13.4. The zero-order chi connectivity index (χ0) is 38.0. The van der Waals surface area contributed by atoms with Crippen LogP contribution in [0, 0.1) is 0 Å². The van der Waals surface area contributed by atoms with E-state index in [1.807, 2.05) is 0 Å². The van der Waals surface area contributed by atoms with E-state index < -0.39 is 6.10 Å². The van der Waals surface area contributed by atoms with Gasteiger partial charge in [0, 0.05) is 19.3 Å². The third-order valence-corrected chi connectivity index (χ3v) is 8.77. The largest absolute Gasteiger partial charge is 0.462 e. The number of hydrogen-bond acceptors (Lipinski definition) is 6. The highest BCUT2D eigenvalue weighted by Gasteiger charge is 2.19. The molecule has 0 fully saturated rings. The average molecular weight is 727 g/mol. The summed E-state index contributed by atoms with van der Waals surface area (Å²) >= 11 is 0. The standard InChI is InChI=1S/C46H78O6/c1-4-7-10-13-16-19-22-25-27-30-33-36-39-45(48)51-42-43(52-46(49)40-37-34-31-28-24-21-18-15-12-9-6-3)41-50-44(47)38-35-32-29-26-23-20-17-14-11-8-5-2/h14-21,23-24,43H,4-13,22,25-42H2,1-3H3/b17-14-,18-15-,19-16-,23-20-,24-21-. The summed E-state index contributed by atoms with van der Waals surface area (Å²) in [7, 11) is 0. The maximum Gasteiger partial charge on any atom is 0.306 e. The molecule has 0 spiro atoms. The van der Waals surface area contributed by atoms with Crippen LogP contribution in [-0.2, 0) is 28.6 Å². The fourth-order valence-electron chi connectivity index (χ4n) is 5.45. The van der Waals surface area contributed by atoms with Gasteiger partial charge in [-0.05, 0) is 83.5 Å². The lowest BCUT2D eigenvalue weighted by atomic mass is 10.1. The normalized spacial score (nSPS) is 12.6. The van der Waals surface area contributed by atoms with Crippen LogP contribution in [0.25, 0.3) is 0 Å². The van der Waals surface area contributed by atoms with Crippen molar-refractivity contribution in [2.75, 3.05) is 13.2 Å². The first kappa shape index (κ1) is 49.1. The number of carbonyl (C=O) groups is 3. The lowest BCUT2D eigenvalue weighted by Gasteiger charge is -2.18. The molecule has 0 radical (unpaired) electrons. The SMILES string of the molecule is CCCC/C=C\C=C/CCCCCC(=O)OCC(COC(=O)CCCCCCC/C=C\CCCCC)OC(=O)CCCCC/C=C\C=C/CCCC.